The van der Waals surface area contributed by atoms with Gasteiger partial charge in [0.25, 0.3) is 0 Å². The van der Waals surface area contributed by atoms with Crippen LogP contribution in [0.2, 0.25) is 0 Å². The first-order chi connectivity index (χ1) is 5.75. The van der Waals surface area contributed by atoms with Crippen molar-refractivity contribution in [3.63, 3.8) is 0 Å². The molecule has 0 unspecified atom stereocenters. The second kappa shape index (κ2) is 3.72. The highest BCUT2D eigenvalue weighted by atomic mass is 16.5. The molecule has 0 radical (unpaired) electrons. The van der Waals surface area contributed by atoms with E-state index in [1.807, 2.05) is 6.92 Å². The molecule has 0 aromatic heterocycles. The molecular weight excluding hydrogens is 154 g/mol. The van der Waals surface area contributed by atoms with Crippen molar-refractivity contribution in [3.8, 4) is 0 Å². The van der Waals surface area contributed by atoms with Crippen LogP contribution in [0.3, 0.4) is 0 Å². The second-order valence-electron chi connectivity index (χ2n) is 3.10. The maximum atomic E-state index is 11.4. The Morgan fingerprint density at radius 1 is 1.75 bits per heavy atom. The van der Waals surface area contributed by atoms with Crippen molar-refractivity contribution in [1.29, 1.82) is 0 Å². The van der Waals surface area contributed by atoms with Gasteiger partial charge >= 0.3 is 5.97 Å². The number of rotatable bonds is 4. The number of esters is 1. The fourth-order valence-electron chi connectivity index (χ4n) is 1.36. The molecule has 0 amide bonds. The van der Waals surface area contributed by atoms with E-state index in [1.165, 1.54) is 0 Å². The predicted octanol–water partition coefficient (Wildman–Crippen LogP) is 0.715. The van der Waals surface area contributed by atoms with Gasteiger partial charge in [0.05, 0.1) is 12.0 Å². The Morgan fingerprint density at radius 3 is 2.75 bits per heavy atom. The zero-order chi connectivity index (χ0) is 9.03. The molecule has 1 fully saturated rings. The molecular formula is C9H15NO2. The summed E-state index contributed by atoms with van der Waals surface area (Å²) in [5.74, 6) is -0.0938. The van der Waals surface area contributed by atoms with Gasteiger partial charge in [0.1, 0.15) is 0 Å². The summed E-state index contributed by atoms with van der Waals surface area (Å²) in [5.41, 5.74) is -0.308. The van der Waals surface area contributed by atoms with Crippen LogP contribution in [0.1, 0.15) is 13.3 Å². The van der Waals surface area contributed by atoms with E-state index in [2.05, 4.69) is 11.9 Å². The monoisotopic (exact) mass is 169 g/mol. The van der Waals surface area contributed by atoms with Crippen molar-refractivity contribution in [1.82, 2.24) is 5.32 Å². The van der Waals surface area contributed by atoms with Gasteiger partial charge in [-0.2, -0.15) is 0 Å². The van der Waals surface area contributed by atoms with E-state index in [9.17, 15) is 4.79 Å². The summed E-state index contributed by atoms with van der Waals surface area (Å²) < 4.78 is 4.97. The molecule has 1 aliphatic rings. The SMILES string of the molecule is C=CCC1(C(=O)OCC)CNC1. The third kappa shape index (κ3) is 1.50. The van der Waals surface area contributed by atoms with Crippen LogP contribution >= 0.6 is 0 Å². The van der Waals surface area contributed by atoms with Crippen molar-refractivity contribution >= 4 is 5.97 Å². The number of allylic oxidation sites excluding steroid dienone is 1. The van der Waals surface area contributed by atoms with Gasteiger partial charge in [-0.25, -0.2) is 0 Å². The van der Waals surface area contributed by atoms with Gasteiger partial charge in [0.2, 0.25) is 0 Å². The summed E-state index contributed by atoms with van der Waals surface area (Å²) in [5, 5.41) is 3.08. The van der Waals surface area contributed by atoms with Crippen molar-refractivity contribution in [2.24, 2.45) is 5.41 Å². The van der Waals surface area contributed by atoms with Gasteiger partial charge in [0, 0.05) is 13.1 Å². The summed E-state index contributed by atoms with van der Waals surface area (Å²) in [6.07, 6.45) is 2.48. The Morgan fingerprint density at radius 2 is 2.42 bits per heavy atom. The normalized spacial score (nSPS) is 19.4. The van der Waals surface area contributed by atoms with E-state index in [0.29, 0.717) is 13.0 Å². The third-order valence-corrected chi connectivity index (χ3v) is 2.17. The maximum Gasteiger partial charge on any atom is 0.314 e. The van der Waals surface area contributed by atoms with Crippen LogP contribution in [0.15, 0.2) is 12.7 Å². The highest BCUT2D eigenvalue weighted by Gasteiger charge is 2.44. The molecule has 3 heteroatoms. The Labute approximate surface area is 72.8 Å². The lowest BCUT2D eigenvalue weighted by Gasteiger charge is -2.39. The van der Waals surface area contributed by atoms with Crippen molar-refractivity contribution in [2.75, 3.05) is 19.7 Å². The Bertz CT molecular complexity index is 185. The zero-order valence-corrected chi connectivity index (χ0v) is 7.43. The van der Waals surface area contributed by atoms with Crippen LogP contribution in [0.4, 0.5) is 0 Å². The standard InChI is InChI=1S/C9H15NO2/c1-3-5-9(6-10-7-9)8(11)12-4-2/h3,10H,1,4-7H2,2H3. The van der Waals surface area contributed by atoms with Crippen LogP contribution in [-0.4, -0.2) is 25.7 Å². The van der Waals surface area contributed by atoms with E-state index >= 15 is 0 Å². The lowest BCUT2D eigenvalue weighted by Crippen LogP contribution is -2.58. The molecule has 1 N–H and O–H groups in total. The minimum Gasteiger partial charge on any atom is -0.465 e. The first kappa shape index (κ1) is 9.26. The average Bonchev–Trinajstić information content (AvgIpc) is 1.97. The highest BCUT2D eigenvalue weighted by Crippen LogP contribution is 2.28. The molecule has 12 heavy (non-hydrogen) atoms. The molecule has 1 aliphatic heterocycles. The minimum atomic E-state index is -0.308. The van der Waals surface area contributed by atoms with Crippen LogP contribution in [0.5, 0.6) is 0 Å². The smallest absolute Gasteiger partial charge is 0.314 e. The summed E-state index contributed by atoms with van der Waals surface area (Å²) >= 11 is 0. The molecule has 0 aromatic rings. The molecule has 3 nitrogen and oxygen atoms in total. The third-order valence-electron chi connectivity index (χ3n) is 2.17. The van der Waals surface area contributed by atoms with E-state index in [-0.39, 0.29) is 11.4 Å². The number of carbonyl (C=O) groups is 1. The Balaban J connectivity index is 2.53. The summed E-state index contributed by atoms with van der Waals surface area (Å²) in [7, 11) is 0. The van der Waals surface area contributed by atoms with Gasteiger partial charge in [-0.15, -0.1) is 6.58 Å². The van der Waals surface area contributed by atoms with E-state index in [4.69, 9.17) is 4.74 Å². The molecule has 0 aromatic carbocycles. The molecule has 0 atom stereocenters. The number of nitrogens with one attached hydrogen (secondary N) is 1. The quantitative estimate of drug-likeness (QED) is 0.497. The average molecular weight is 169 g/mol. The lowest BCUT2D eigenvalue weighted by atomic mass is 9.79. The predicted molar refractivity (Wildman–Crippen MR) is 46.7 cm³/mol. The summed E-state index contributed by atoms with van der Waals surface area (Å²) in [6.45, 7) is 7.36. The molecule has 1 rings (SSSR count). The number of hydrogen-bond acceptors (Lipinski definition) is 3. The first-order valence-corrected chi connectivity index (χ1v) is 4.24. The second-order valence-corrected chi connectivity index (χ2v) is 3.10. The van der Waals surface area contributed by atoms with Crippen molar-refractivity contribution in [3.05, 3.63) is 12.7 Å². The number of carbonyl (C=O) groups excluding carboxylic acids is 1. The first-order valence-electron chi connectivity index (χ1n) is 4.24. The van der Waals surface area contributed by atoms with Gasteiger partial charge in [-0.3, -0.25) is 4.79 Å². The van der Waals surface area contributed by atoms with E-state index < -0.39 is 0 Å². The topological polar surface area (TPSA) is 38.3 Å². The Kier molecular flexibility index (Phi) is 2.87. The van der Waals surface area contributed by atoms with Crippen LogP contribution in [-0.2, 0) is 9.53 Å². The fraction of sp³-hybridized carbons (Fsp3) is 0.667. The summed E-state index contributed by atoms with van der Waals surface area (Å²) in [4.78, 5) is 11.4. The van der Waals surface area contributed by atoms with Crippen molar-refractivity contribution < 1.29 is 9.53 Å². The zero-order valence-electron chi connectivity index (χ0n) is 7.43. The molecule has 0 aliphatic carbocycles. The summed E-state index contributed by atoms with van der Waals surface area (Å²) in [6, 6.07) is 0. The van der Waals surface area contributed by atoms with Crippen molar-refractivity contribution in [2.45, 2.75) is 13.3 Å². The fourth-order valence-corrected chi connectivity index (χ4v) is 1.36. The maximum absolute atomic E-state index is 11.4. The molecule has 0 bridgehead atoms. The van der Waals surface area contributed by atoms with E-state index in [1.54, 1.807) is 6.08 Å². The van der Waals surface area contributed by atoms with E-state index in [0.717, 1.165) is 13.1 Å². The van der Waals surface area contributed by atoms with Crippen LogP contribution < -0.4 is 5.32 Å². The van der Waals surface area contributed by atoms with Gasteiger partial charge < -0.3 is 10.1 Å². The number of ether oxygens (including phenoxy) is 1. The van der Waals surface area contributed by atoms with Gasteiger partial charge in [-0.1, -0.05) is 6.08 Å². The van der Waals surface area contributed by atoms with Crippen LogP contribution in [0, 0.1) is 5.41 Å². The molecule has 0 saturated carbocycles. The largest absolute Gasteiger partial charge is 0.465 e. The number of hydrogen-bond donors (Lipinski definition) is 1. The van der Waals surface area contributed by atoms with Crippen LogP contribution in [0.25, 0.3) is 0 Å². The molecule has 0 spiro atoms. The van der Waals surface area contributed by atoms with Gasteiger partial charge in [-0.05, 0) is 13.3 Å². The molecule has 1 heterocycles. The Hall–Kier alpha value is -0.830. The molecule has 1 saturated heterocycles. The lowest BCUT2D eigenvalue weighted by molar-refractivity contribution is -0.158. The highest BCUT2D eigenvalue weighted by molar-refractivity contribution is 5.78. The van der Waals surface area contributed by atoms with Gasteiger partial charge in [0.15, 0.2) is 0 Å². The molecule has 68 valence electrons. The minimum absolute atomic E-state index is 0.0938.